The van der Waals surface area contributed by atoms with Crippen molar-refractivity contribution in [3.05, 3.63) is 107 Å². The zero-order valence-electron chi connectivity index (χ0n) is 92.6. The Kier molecular flexibility index (Phi) is 32.9. The minimum atomic E-state index is -0.760. The highest BCUT2D eigenvalue weighted by molar-refractivity contribution is 6.64. The van der Waals surface area contributed by atoms with Gasteiger partial charge in [0.15, 0.2) is 17.3 Å². The third-order valence-electron chi connectivity index (χ3n) is 45.1. The Morgan fingerprint density at radius 3 is 0.938 bits per heavy atom. The van der Waals surface area contributed by atoms with Gasteiger partial charge in [0.05, 0.1) is 44.1 Å². The number of aliphatic carboxylic acids is 1. The Hall–Kier alpha value is -7.40. The molecule has 0 radical (unpaired) electrons. The summed E-state index contributed by atoms with van der Waals surface area (Å²) < 4.78 is 25.8. The second-order valence-electron chi connectivity index (χ2n) is 53.4. The van der Waals surface area contributed by atoms with Gasteiger partial charge in [-0.25, -0.2) is 0 Å². The number of aliphatic hydroxyl groups is 1. The summed E-state index contributed by atoms with van der Waals surface area (Å²) >= 11 is 6.15. The van der Waals surface area contributed by atoms with Crippen molar-refractivity contribution < 1.29 is 91.4 Å². The van der Waals surface area contributed by atoms with Gasteiger partial charge in [0.25, 0.3) is 0 Å². The molecule has 27 atom stereocenters. The molecule has 2 aromatic carbocycles. The molecule has 0 unspecified atom stereocenters. The summed E-state index contributed by atoms with van der Waals surface area (Å²) in [6, 6.07) is 19.8. The fourth-order valence-corrected chi connectivity index (χ4v) is 36.0. The number of halogens is 2. The molecule has 0 aliphatic heterocycles. The van der Waals surface area contributed by atoms with E-state index in [9.17, 15) is 62.6 Å². The van der Waals surface area contributed by atoms with Crippen molar-refractivity contribution in [3.8, 4) is 0 Å². The van der Waals surface area contributed by atoms with Gasteiger partial charge in [0.1, 0.15) is 26.3 Å². The van der Waals surface area contributed by atoms with Crippen LogP contribution in [-0.4, -0.2) is 159 Å². The normalized spacial score (nSPS) is 41.1. The summed E-state index contributed by atoms with van der Waals surface area (Å²) in [6.07, 6.45) is 30.0. The lowest BCUT2D eigenvalue weighted by Gasteiger charge is -2.70. The number of amides is 2. The molecule has 0 aromatic heterocycles. The van der Waals surface area contributed by atoms with E-state index in [1.807, 2.05) is 73.7 Å². The predicted molar refractivity (Wildman–Crippen MR) is 560 cm³/mol. The van der Waals surface area contributed by atoms with Crippen molar-refractivity contribution in [3.63, 3.8) is 0 Å². The third kappa shape index (κ3) is 19.0. The van der Waals surface area contributed by atoms with E-state index in [0.29, 0.717) is 38.7 Å². The lowest BCUT2D eigenvalue weighted by Crippen LogP contribution is -2.66. The zero-order chi connectivity index (χ0) is 106. The van der Waals surface area contributed by atoms with Crippen molar-refractivity contribution in [1.29, 1.82) is 0 Å². The fourth-order valence-electron chi connectivity index (χ4n) is 35.6. The van der Waals surface area contributed by atoms with Gasteiger partial charge in [-0.15, -0.1) is 12.4 Å². The monoisotopic (exact) mass is 2030 g/mol. The van der Waals surface area contributed by atoms with Gasteiger partial charge in [-0.2, -0.15) is 0 Å². The van der Waals surface area contributed by atoms with Crippen molar-refractivity contribution >= 4 is 94.2 Å². The first-order chi connectivity index (χ1) is 66.5. The highest BCUT2D eigenvalue weighted by atomic mass is 35.5. The number of hydrogen-bond acceptors (Lipinski definition) is 19. The largest absolute Gasteiger partial charge is 0.481 e. The topological polar surface area (TPSA) is 310 Å². The number of nitrogens with zero attached hydrogens (tertiary/aromatic N) is 2. The number of carboxylic acids is 1. The van der Waals surface area contributed by atoms with Gasteiger partial charge in [-0.05, 0) is 359 Å². The maximum absolute atomic E-state index is 14.8. The zero-order valence-corrected chi connectivity index (χ0v) is 94.1. The Balaban J connectivity index is 0.000000184. The van der Waals surface area contributed by atoms with Crippen LogP contribution in [0.1, 0.15) is 330 Å². The smallest absolute Gasteiger partial charge is 0.325 e. The molecule has 12 fully saturated rings. The number of esters is 5. The number of methoxy groups -OCH3 is 3. The Morgan fingerprint density at radius 1 is 0.382 bits per heavy atom. The highest BCUT2D eigenvalue weighted by Crippen LogP contribution is 2.81. The SMILES string of the molecule is CC1(C)[C@@H](C(=O)Cl)CC[C@]2(C)[C@H]3C(=O)C=C4[C@@H]5C[C@@](C)(C(=O)OCc6ccccc6)CC[C@]5(C)CC[C@@]4(C)[C@]3(C)CC[C@@H]12.CNCC(=O)OC.CO.COC(=O)CN(C)C(=O)[C@H]1CC[C@]2(C)[C@H]3C(=O)C=C4[C@@H]5C[C@@](C)(C(=O)O)CC[C@]5(C)CC[C@@]4(C)[C@]3(C)CC[C@H]2C1(C)C.COC(=O)CN(C)C(=O)[C@H]1CC[C@]2(C)[C@H]3C(=O)C=C4[C@@H]5C[C@@](C)(C(=O)OCc6ccccc6)CC[C@]5(C)CC[C@@]4(C)[C@]3(C)CC[C@H]2C1(C)C.Cl. The number of ether oxygens (including phenoxy) is 5. The maximum atomic E-state index is 14.8. The summed E-state index contributed by atoms with van der Waals surface area (Å²) in [5, 5.41) is 19.6. The van der Waals surface area contributed by atoms with Crippen LogP contribution in [0.4, 0.5) is 0 Å². The van der Waals surface area contributed by atoms with Crippen LogP contribution < -0.4 is 5.32 Å². The van der Waals surface area contributed by atoms with Crippen molar-refractivity contribution in [2.45, 2.75) is 332 Å². The number of benzene rings is 2. The number of carboxylic acid groups (broad SMARTS) is 1. The number of fused-ring (bicyclic) bond motifs is 21. The lowest BCUT2D eigenvalue weighted by molar-refractivity contribution is -0.197. The molecular formula is C120H177Cl2N3O19. The van der Waals surface area contributed by atoms with Crippen LogP contribution in [0.2, 0.25) is 0 Å². The van der Waals surface area contributed by atoms with E-state index in [-0.39, 0.29) is 243 Å². The molecule has 0 spiro atoms. The lowest BCUT2D eigenvalue weighted by atomic mass is 9.33. The molecule has 800 valence electrons. The average Bonchev–Trinajstić information content (AvgIpc) is 0.676. The van der Waals surface area contributed by atoms with Crippen molar-refractivity contribution in [2.75, 3.05) is 69.2 Å². The Morgan fingerprint density at radius 2 is 0.660 bits per heavy atom. The van der Waals surface area contributed by atoms with E-state index in [4.69, 9.17) is 35.7 Å². The standard InChI is InChI=1S/C42H59NO6.C38H51ClO4.C35H53NO6.C4H9NO2.CH4O.ClH/c1-37(2)28(35(46)43(8)25-33(45)48-9)15-17-40(5)32(37)16-18-42(7)34(40)31(44)23-29-30-24-39(4,20-19-38(30,3)21-22-41(29,42)6)36(47)49-26-27-13-11-10-12-14-27;1-33(2)25(31(39)41)13-15-36(5)29(33)14-16-38(7)30(36)28(40)21-26-27-22-35(4,18-17-34(27,3)19-20-37(26,38)6)32(42)43-23-24-11-9-8-10-12-24;1-30(2)21(28(39)36(8)20-26(38)42-9)10-12-33(5)25(30)11-13-35(7)27(33)24(37)18-22-23-19-32(4,29(40)41)15-14-31(23,3)16-17-34(22,35)6;1-5-3-4(6)7-2;1-2;/h10-14,23,28,30,32,34H,15-22,24-26H2,1-9H3;8-12,21,25,27,29-30H,13-20,22-23H2,1-7H3;18,21,23,25,27H,10-17,19-20H2,1-9H3,(H,40,41);5H,3H2,1-2H3;2H,1H3;1H/t28-,30+,32+,34-,38-,39+,40+,41-,42-;25-,27+,29+,30-,34-,35+,36+,37-,38-;21-,23+,25+,27-,31-,32+,33+,34-,35-;;;/m111.../s1. The molecule has 22 nitrogen and oxygen atoms in total. The number of aliphatic hydroxyl groups excluding tert-OH is 1. The number of rotatable bonds is 16. The van der Waals surface area contributed by atoms with E-state index in [1.165, 1.54) is 47.8 Å². The minimum absolute atomic E-state index is 0. The number of likely N-dealkylation sites (N-methyl/N-ethyl adjacent to an activating group) is 3. The van der Waals surface area contributed by atoms with E-state index in [0.717, 1.165) is 159 Å². The minimum Gasteiger partial charge on any atom is -0.481 e. The number of carbonyl (C=O) groups is 12. The molecule has 15 aliphatic carbocycles. The van der Waals surface area contributed by atoms with Crippen LogP contribution in [-0.2, 0) is 94.4 Å². The summed E-state index contributed by atoms with van der Waals surface area (Å²) in [7, 11) is 10.1. The Labute approximate surface area is 871 Å². The van der Waals surface area contributed by atoms with Crippen LogP contribution in [0, 0.1) is 168 Å². The van der Waals surface area contributed by atoms with Crippen LogP contribution >= 0.6 is 24.0 Å². The molecule has 17 rings (SSSR count). The summed E-state index contributed by atoms with van der Waals surface area (Å²) in [5.74, 6) is -1.18. The van der Waals surface area contributed by atoms with Crippen LogP contribution in [0.25, 0.3) is 0 Å². The fraction of sp³-hybridized carbons (Fsp3) is 0.750. The van der Waals surface area contributed by atoms with Gasteiger partial charge >= 0.3 is 35.8 Å². The first kappa shape index (κ1) is 115. The van der Waals surface area contributed by atoms with Gasteiger partial charge in [-0.3, -0.25) is 57.5 Å². The molecule has 24 heteroatoms. The molecule has 3 N–H and O–H groups in total. The molecule has 0 bridgehead atoms. The molecular weight excluding hydrogens is 1860 g/mol. The van der Waals surface area contributed by atoms with Gasteiger partial charge < -0.3 is 49.0 Å². The second-order valence-corrected chi connectivity index (χ2v) is 53.7. The van der Waals surface area contributed by atoms with Crippen molar-refractivity contribution in [2.24, 2.45) is 168 Å². The molecule has 0 heterocycles. The van der Waals surface area contributed by atoms with Crippen LogP contribution in [0.5, 0.6) is 0 Å². The summed E-state index contributed by atoms with van der Waals surface area (Å²) in [6.45, 7) is 48.6. The first-order valence-corrected chi connectivity index (χ1v) is 54.3. The molecule has 144 heavy (non-hydrogen) atoms. The third-order valence-corrected chi connectivity index (χ3v) is 45.4. The summed E-state index contributed by atoms with van der Waals surface area (Å²) in [5.41, 5.74) is 1.37. The van der Waals surface area contributed by atoms with E-state index in [1.54, 1.807) is 21.1 Å². The van der Waals surface area contributed by atoms with E-state index < -0.39 is 34.2 Å². The van der Waals surface area contributed by atoms with Gasteiger partial charge in [0.2, 0.25) is 17.1 Å². The number of carbonyl (C=O) groups excluding carboxylic acids is 11. The van der Waals surface area contributed by atoms with E-state index >= 15 is 0 Å². The van der Waals surface area contributed by atoms with Crippen molar-refractivity contribution in [1.82, 2.24) is 15.1 Å². The second kappa shape index (κ2) is 41.1. The molecule has 0 saturated heterocycles. The van der Waals surface area contributed by atoms with Crippen LogP contribution in [0.3, 0.4) is 0 Å². The number of hydrogen-bond donors (Lipinski definition) is 3. The quantitative estimate of drug-likeness (QED) is 0.0799. The van der Waals surface area contributed by atoms with Crippen LogP contribution in [0.15, 0.2) is 95.6 Å². The maximum Gasteiger partial charge on any atom is 0.325 e. The molecule has 2 aromatic rings. The number of allylic oxidation sites excluding steroid dienone is 6. The molecule has 15 aliphatic rings. The molecule has 2 amide bonds. The first-order valence-electron chi connectivity index (χ1n) is 53.9. The molecule has 12 saturated carbocycles. The summed E-state index contributed by atoms with van der Waals surface area (Å²) in [4.78, 5) is 161. The number of ketones is 3. The number of nitrogens with one attached hydrogen (secondary N) is 1. The average molecular weight is 2040 g/mol. The predicted octanol–water partition coefficient (Wildman–Crippen LogP) is 22.8. The van der Waals surface area contributed by atoms with E-state index in [2.05, 4.69) is 161 Å². The van der Waals surface area contributed by atoms with Gasteiger partial charge in [-0.1, -0.05) is 202 Å². The van der Waals surface area contributed by atoms with Gasteiger partial charge in [0, 0.05) is 56.7 Å². The highest BCUT2D eigenvalue weighted by Gasteiger charge is 2.76. The Bertz CT molecular complexity index is 5340.